The molecule has 2 heterocycles. The van der Waals surface area contributed by atoms with Gasteiger partial charge in [0.2, 0.25) is 5.91 Å². The summed E-state index contributed by atoms with van der Waals surface area (Å²) >= 11 is 0. The molecule has 3 amide bonds. The molecule has 0 radical (unpaired) electrons. The molecule has 2 fully saturated rings. The Labute approximate surface area is 229 Å². The molecule has 212 valence electrons. The van der Waals surface area contributed by atoms with Crippen molar-refractivity contribution in [1.82, 2.24) is 25.5 Å². The average molecular weight is 540 g/mol. The maximum Gasteiger partial charge on any atom is 0.315 e. The van der Waals surface area contributed by atoms with Crippen LogP contribution in [0, 0.1) is 11.3 Å². The number of likely N-dealkylation sites (tertiary alicyclic amines) is 1. The molecule has 0 bridgehead atoms. The summed E-state index contributed by atoms with van der Waals surface area (Å²) in [6.45, 7) is 1.23. The zero-order valence-electron chi connectivity index (χ0n) is 22.8. The monoisotopic (exact) mass is 539 g/mol. The number of nitrogens with zero attached hydrogens (tertiary/aromatic N) is 2. The van der Waals surface area contributed by atoms with E-state index in [-0.39, 0.29) is 11.8 Å². The highest BCUT2D eigenvalue weighted by Gasteiger charge is 2.48. The van der Waals surface area contributed by atoms with Gasteiger partial charge in [0.1, 0.15) is 11.8 Å². The lowest BCUT2D eigenvalue weighted by Crippen LogP contribution is -2.56. The van der Waals surface area contributed by atoms with Crippen LogP contribution in [0.25, 0.3) is 0 Å². The van der Waals surface area contributed by atoms with Gasteiger partial charge in [-0.1, -0.05) is 31.4 Å². The summed E-state index contributed by atoms with van der Waals surface area (Å²) in [6, 6.07) is 6.27. The van der Waals surface area contributed by atoms with Crippen molar-refractivity contribution < 1.29 is 24.2 Å². The van der Waals surface area contributed by atoms with Gasteiger partial charge < -0.3 is 30.4 Å². The number of imidazole rings is 1. The van der Waals surface area contributed by atoms with Crippen LogP contribution in [0.3, 0.4) is 0 Å². The maximum absolute atomic E-state index is 13.7. The Balaban J connectivity index is 1.39. The number of hydrogen-bond acceptors (Lipinski definition) is 5. The zero-order valence-corrected chi connectivity index (χ0v) is 22.8. The van der Waals surface area contributed by atoms with Crippen molar-refractivity contribution in [1.29, 1.82) is 0 Å². The van der Waals surface area contributed by atoms with Gasteiger partial charge in [-0.2, -0.15) is 0 Å². The second kappa shape index (κ2) is 13.5. The van der Waals surface area contributed by atoms with Gasteiger partial charge >= 0.3 is 12.0 Å². The normalized spacial score (nSPS) is 18.2. The topological polar surface area (TPSA) is 137 Å². The van der Waals surface area contributed by atoms with E-state index in [4.69, 9.17) is 4.74 Å². The number of ether oxygens (including phenoxy) is 1. The number of aliphatic carboxylic acids is 1. The van der Waals surface area contributed by atoms with Crippen LogP contribution < -0.4 is 15.4 Å². The highest BCUT2D eigenvalue weighted by molar-refractivity contribution is 5.87. The molecule has 1 aliphatic carbocycles. The molecular weight excluding hydrogens is 498 g/mol. The van der Waals surface area contributed by atoms with Crippen molar-refractivity contribution in [2.24, 2.45) is 11.3 Å². The number of carboxylic acids is 1. The number of methoxy groups -OCH3 is 1. The first-order valence-electron chi connectivity index (χ1n) is 14.1. The predicted molar refractivity (Wildman–Crippen MR) is 146 cm³/mol. The van der Waals surface area contributed by atoms with Crippen molar-refractivity contribution in [3.8, 4) is 5.75 Å². The molecule has 2 aliphatic rings. The number of hydrogen-bond donors (Lipinski definition) is 4. The Kier molecular flexibility index (Phi) is 9.84. The first-order chi connectivity index (χ1) is 18.9. The molecule has 39 heavy (non-hydrogen) atoms. The number of aromatic nitrogens is 2. The Hall–Kier alpha value is -3.56. The van der Waals surface area contributed by atoms with Gasteiger partial charge in [0.05, 0.1) is 18.9 Å². The van der Waals surface area contributed by atoms with Crippen LogP contribution in [0.1, 0.15) is 62.6 Å². The van der Waals surface area contributed by atoms with Crippen LogP contribution in [0.4, 0.5) is 4.79 Å². The van der Waals surface area contributed by atoms with Crippen LogP contribution in [0.2, 0.25) is 0 Å². The van der Waals surface area contributed by atoms with Gasteiger partial charge in [0.15, 0.2) is 0 Å². The molecular formula is C29H41N5O5. The molecule has 4 N–H and O–H groups in total. The molecule has 0 spiro atoms. The molecule has 1 aromatic carbocycles. The van der Waals surface area contributed by atoms with Crippen LogP contribution in [0.15, 0.2) is 36.8 Å². The fraction of sp³-hybridized carbons (Fsp3) is 0.586. The number of carboxylic acid groups (broad SMARTS) is 1. The zero-order chi connectivity index (χ0) is 27.7. The first-order valence-corrected chi connectivity index (χ1v) is 14.1. The van der Waals surface area contributed by atoms with Crippen LogP contribution in [-0.4, -0.2) is 70.7 Å². The van der Waals surface area contributed by atoms with Gasteiger partial charge in [-0.15, -0.1) is 0 Å². The second-order valence-corrected chi connectivity index (χ2v) is 10.8. The lowest BCUT2D eigenvalue weighted by Gasteiger charge is -2.45. The average Bonchev–Trinajstić information content (AvgIpc) is 3.49. The second-order valence-electron chi connectivity index (χ2n) is 10.8. The van der Waals surface area contributed by atoms with E-state index in [2.05, 4.69) is 20.6 Å². The summed E-state index contributed by atoms with van der Waals surface area (Å²) < 4.78 is 5.24. The number of rotatable bonds is 11. The lowest BCUT2D eigenvalue weighted by atomic mass is 9.64. The molecule has 4 rings (SSSR count). The summed E-state index contributed by atoms with van der Waals surface area (Å²) in [6.07, 6.45) is 11.3. The lowest BCUT2D eigenvalue weighted by molar-refractivity contribution is -0.160. The number of urea groups is 1. The van der Waals surface area contributed by atoms with E-state index < -0.39 is 23.5 Å². The number of aromatic amines is 1. The molecule has 10 nitrogen and oxygen atoms in total. The van der Waals surface area contributed by atoms with Crippen molar-refractivity contribution in [2.75, 3.05) is 26.7 Å². The number of amides is 3. The quantitative estimate of drug-likeness (QED) is 0.323. The van der Waals surface area contributed by atoms with E-state index in [0.717, 1.165) is 49.8 Å². The molecule has 2 aromatic rings. The number of nitrogens with one attached hydrogen (secondary N) is 3. The van der Waals surface area contributed by atoms with Gasteiger partial charge in [0.25, 0.3) is 0 Å². The minimum absolute atomic E-state index is 0.168. The Bertz CT molecular complexity index is 1070. The molecule has 1 aliphatic heterocycles. The molecule has 1 saturated carbocycles. The molecule has 1 aromatic heterocycles. The summed E-state index contributed by atoms with van der Waals surface area (Å²) in [4.78, 5) is 47.7. The minimum Gasteiger partial charge on any atom is -0.497 e. The summed E-state index contributed by atoms with van der Waals surface area (Å²) in [7, 11) is 1.60. The number of carbonyl (C=O) groups is 3. The molecule has 10 heteroatoms. The van der Waals surface area contributed by atoms with Crippen molar-refractivity contribution in [2.45, 2.75) is 70.3 Å². The SMILES string of the molecule is COc1ccc(C[C@@H](NC(=O)NCCCc2cnc[nH]2)C(=O)N2CCC(C(=O)O)(C3CCCCC3)CC2)cc1. The maximum atomic E-state index is 13.7. The van der Waals surface area contributed by atoms with Crippen LogP contribution >= 0.6 is 0 Å². The number of benzene rings is 1. The smallest absolute Gasteiger partial charge is 0.315 e. The highest BCUT2D eigenvalue weighted by Crippen LogP contribution is 2.46. The van der Waals surface area contributed by atoms with Crippen LogP contribution in [0.5, 0.6) is 5.75 Å². The number of piperidine rings is 1. The summed E-state index contributed by atoms with van der Waals surface area (Å²) in [5.74, 6) is -0.0277. The van der Waals surface area contributed by atoms with Crippen molar-refractivity contribution in [3.63, 3.8) is 0 Å². The third-order valence-electron chi connectivity index (χ3n) is 8.45. The van der Waals surface area contributed by atoms with Crippen molar-refractivity contribution >= 4 is 17.9 Å². The van der Waals surface area contributed by atoms with Gasteiger partial charge in [0, 0.05) is 37.9 Å². The van der Waals surface area contributed by atoms with Crippen LogP contribution in [-0.2, 0) is 22.4 Å². The molecule has 1 atom stereocenters. The number of H-pyrrole nitrogens is 1. The van der Waals surface area contributed by atoms with E-state index >= 15 is 0 Å². The van der Waals surface area contributed by atoms with E-state index in [0.29, 0.717) is 44.6 Å². The van der Waals surface area contributed by atoms with Gasteiger partial charge in [-0.25, -0.2) is 9.78 Å². The fourth-order valence-electron chi connectivity index (χ4n) is 6.11. The minimum atomic E-state index is -0.766. The fourth-order valence-corrected chi connectivity index (χ4v) is 6.11. The Morgan fingerprint density at radius 1 is 1.15 bits per heavy atom. The molecule has 1 saturated heterocycles. The summed E-state index contributed by atoms with van der Waals surface area (Å²) in [5.41, 5.74) is 1.13. The predicted octanol–water partition coefficient (Wildman–Crippen LogP) is 3.54. The molecule has 0 unspecified atom stereocenters. The number of aryl methyl sites for hydroxylation is 1. The van der Waals surface area contributed by atoms with E-state index in [1.165, 1.54) is 6.42 Å². The third-order valence-corrected chi connectivity index (χ3v) is 8.45. The standard InChI is InChI=1S/C29H41N5O5/c1-39-24-11-9-21(10-12-24)18-25(33-28(38)31-15-5-8-23-19-30-20-32-23)26(35)34-16-13-29(14-17-34,27(36)37)22-6-3-2-4-7-22/h9-12,19-20,22,25H,2-8,13-18H2,1H3,(H,30,32)(H,36,37)(H2,31,33,38)/t25-/m1/s1. The first kappa shape index (κ1) is 28.4. The highest BCUT2D eigenvalue weighted by atomic mass is 16.5. The largest absolute Gasteiger partial charge is 0.497 e. The third kappa shape index (κ3) is 7.30. The van der Waals surface area contributed by atoms with Gasteiger partial charge in [-0.3, -0.25) is 9.59 Å². The van der Waals surface area contributed by atoms with Gasteiger partial charge in [-0.05, 0) is 62.1 Å². The number of carbonyl (C=O) groups excluding carboxylic acids is 2. The van der Waals surface area contributed by atoms with Crippen molar-refractivity contribution in [3.05, 3.63) is 48.0 Å². The van der Waals surface area contributed by atoms with E-state index in [1.807, 2.05) is 24.3 Å². The van der Waals surface area contributed by atoms with E-state index in [1.54, 1.807) is 24.5 Å². The Morgan fingerprint density at radius 2 is 1.87 bits per heavy atom. The summed E-state index contributed by atoms with van der Waals surface area (Å²) in [5, 5.41) is 15.9. The Morgan fingerprint density at radius 3 is 2.49 bits per heavy atom. The van der Waals surface area contributed by atoms with E-state index in [9.17, 15) is 19.5 Å².